The predicted molar refractivity (Wildman–Crippen MR) is 96.8 cm³/mol. The second-order valence-electron chi connectivity index (χ2n) is 5.22. The molecule has 0 spiro atoms. The first-order valence-corrected chi connectivity index (χ1v) is 9.66. The van der Waals surface area contributed by atoms with E-state index in [0.717, 1.165) is 15.7 Å². The molecule has 1 heterocycles. The zero-order valence-electron chi connectivity index (χ0n) is 13.3. The summed E-state index contributed by atoms with van der Waals surface area (Å²) in [5.74, 6) is -0.313. The van der Waals surface area contributed by atoms with Crippen LogP contribution in [0.25, 0.3) is 0 Å². The van der Waals surface area contributed by atoms with Crippen molar-refractivity contribution in [3.63, 3.8) is 0 Å². The van der Waals surface area contributed by atoms with Crippen LogP contribution in [0, 0.1) is 0 Å². The van der Waals surface area contributed by atoms with Gasteiger partial charge in [0.25, 0.3) is 0 Å². The second kappa shape index (κ2) is 8.04. The van der Waals surface area contributed by atoms with E-state index in [1.165, 1.54) is 0 Å². The van der Waals surface area contributed by atoms with Crippen molar-refractivity contribution in [2.24, 2.45) is 9.98 Å². The molecule has 0 aromatic heterocycles. The molecule has 122 valence electrons. The number of hydrogen-bond acceptors (Lipinski definition) is 4. The summed E-state index contributed by atoms with van der Waals surface area (Å²) in [4.78, 5) is 21.3. The molecule has 3 rings (SSSR count). The van der Waals surface area contributed by atoms with Gasteiger partial charge in [-0.3, -0.25) is 0 Å². The summed E-state index contributed by atoms with van der Waals surface area (Å²) in [6, 6.07) is 19.5. The predicted octanol–water partition coefficient (Wildman–Crippen LogP) is 2.85. The van der Waals surface area contributed by atoms with E-state index in [9.17, 15) is 4.79 Å². The van der Waals surface area contributed by atoms with Crippen molar-refractivity contribution in [3.05, 3.63) is 71.8 Å². The van der Waals surface area contributed by atoms with E-state index in [1.807, 2.05) is 36.4 Å². The molecule has 1 aliphatic rings. The van der Waals surface area contributed by atoms with E-state index < -0.39 is 6.04 Å². The van der Waals surface area contributed by atoms with Gasteiger partial charge in [-0.2, -0.15) is 0 Å². The van der Waals surface area contributed by atoms with Crippen molar-refractivity contribution >= 4 is 30.6 Å². The Morgan fingerprint density at radius 1 is 1.12 bits per heavy atom. The molecule has 1 atom stereocenters. The Morgan fingerprint density at radius 2 is 1.71 bits per heavy atom. The summed E-state index contributed by atoms with van der Waals surface area (Å²) in [6.07, 6.45) is 0. The summed E-state index contributed by atoms with van der Waals surface area (Å²) in [7, 11) is 0. The minimum atomic E-state index is -0.583. The van der Waals surface area contributed by atoms with Gasteiger partial charge < -0.3 is 0 Å². The summed E-state index contributed by atoms with van der Waals surface area (Å²) in [5.41, 5.74) is 2.20. The quantitative estimate of drug-likeness (QED) is 0.587. The van der Waals surface area contributed by atoms with Crippen LogP contribution in [0.1, 0.15) is 24.1 Å². The number of carbonyl (C=O) groups excluding carboxylic acids is 1. The van der Waals surface area contributed by atoms with E-state index in [2.05, 4.69) is 29.3 Å². The van der Waals surface area contributed by atoms with Crippen LogP contribution in [-0.2, 0) is 9.53 Å². The third-order valence-electron chi connectivity index (χ3n) is 3.61. The molecule has 1 unspecified atom stereocenters. The normalized spacial score (nSPS) is 18.2. The molecular weight excluding hydrogens is 367 g/mol. The van der Waals surface area contributed by atoms with E-state index >= 15 is 0 Å². The van der Waals surface area contributed by atoms with Gasteiger partial charge in [0.2, 0.25) is 0 Å². The first kappa shape index (κ1) is 16.6. The molecule has 0 saturated heterocycles. The maximum absolute atomic E-state index is 12.1. The SMILES string of the molecule is CCOC(=O)C1N=C[Se]C1=NC(c1ccccc1)c1ccccc1. The molecule has 0 saturated carbocycles. The zero-order valence-corrected chi connectivity index (χ0v) is 15.0. The van der Waals surface area contributed by atoms with Crippen molar-refractivity contribution in [2.45, 2.75) is 19.0 Å². The van der Waals surface area contributed by atoms with Crippen LogP contribution in [0.2, 0.25) is 0 Å². The third kappa shape index (κ3) is 3.81. The number of esters is 1. The third-order valence-corrected chi connectivity index (χ3v) is 5.29. The van der Waals surface area contributed by atoms with Gasteiger partial charge in [0.1, 0.15) is 0 Å². The first-order valence-electron chi connectivity index (χ1n) is 7.82. The fourth-order valence-corrected chi connectivity index (χ4v) is 4.06. The van der Waals surface area contributed by atoms with Crippen LogP contribution in [0.15, 0.2) is 70.6 Å². The first-order chi connectivity index (χ1) is 11.8. The fraction of sp³-hybridized carbons (Fsp3) is 0.211. The summed E-state index contributed by atoms with van der Waals surface area (Å²) in [6.45, 7) is 2.15. The molecule has 0 bridgehead atoms. The molecule has 1 aliphatic heterocycles. The molecular formula is C19H18N2O2Se. The molecule has 2 aromatic rings. The summed E-state index contributed by atoms with van der Waals surface area (Å²) in [5, 5.41) is 1.81. The van der Waals surface area contributed by atoms with E-state index in [0.29, 0.717) is 6.61 Å². The molecule has 0 amide bonds. The number of hydrogen-bond donors (Lipinski definition) is 0. The number of nitrogens with zero attached hydrogens (tertiary/aromatic N) is 2. The van der Waals surface area contributed by atoms with Crippen molar-refractivity contribution < 1.29 is 9.53 Å². The molecule has 5 heteroatoms. The number of ether oxygens (including phenoxy) is 1. The van der Waals surface area contributed by atoms with E-state index in [-0.39, 0.29) is 27.0 Å². The van der Waals surface area contributed by atoms with E-state index in [1.54, 1.807) is 12.0 Å². The standard InChI is InChI=1S/C19H18N2O2Se/c1-2-23-19(22)17-18(24-13-20-17)21-16(14-9-5-3-6-10-14)15-11-7-4-8-12-15/h3-13,16-17H,2H2,1H3. The monoisotopic (exact) mass is 386 g/mol. The van der Waals surface area contributed by atoms with Gasteiger partial charge in [0.05, 0.1) is 0 Å². The average molecular weight is 385 g/mol. The Morgan fingerprint density at radius 3 is 2.25 bits per heavy atom. The second-order valence-corrected chi connectivity index (χ2v) is 7.03. The number of benzene rings is 2. The van der Waals surface area contributed by atoms with Crippen LogP contribution >= 0.6 is 0 Å². The van der Waals surface area contributed by atoms with Crippen LogP contribution in [0.3, 0.4) is 0 Å². The molecule has 0 fully saturated rings. The van der Waals surface area contributed by atoms with Crippen LogP contribution in [0.5, 0.6) is 0 Å². The Balaban J connectivity index is 1.96. The molecule has 0 aliphatic carbocycles. The van der Waals surface area contributed by atoms with Gasteiger partial charge in [-0.05, 0) is 0 Å². The van der Waals surface area contributed by atoms with Gasteiger partial charge >= 0.3 is 148 Å². The Hall–Kier alpha value is -2.23. The van der Waals surface area contributed by atoms with Crippen LogP contribution < -0.4 is 0 Å². The zero-order chi connectivity index (χ0) is 16.8. The van der Waals surface area contributed by atoms with Crippen molar-refractivity contribution in [1.82, 2.24) is 0 Å². The number of aliphatic imine (C=N–C) groups is 2. The summed E-state index contributed by atoms with van der Waals surface area (Å²) >= 11 is -0.0146. The fourth-order valence-electron chi connectivity index (χ4n) is 2.50. The molecule has 24 heavy (non-hydrogen) atoms. The topological polar surface area (TPSA) is 51.0 Å². The molecule has 0 radical (unpaired) electrons. The maximum atomic E-state index is 12.1. The summed E-state index contributed by atoms with van der Waals surface area (Å²) < 4.78 is 5.94. The van der Waals surface area contributed by atoms with Crippen molar-refractivity contribution in [1.29, 1.82) is 0 Å². The van der Waals surface area contributed by atoms with Gasteiger partial charge in [0, 0.05) is 0 Å². The average Bonchev–Trinajstić information content (AvgIpc) is 3.10. The minimum absolute atomic E-state index is 0.0146. The van der Waals surface area contributed by atoms with Crippen molar-refractivity contribution in [2.75, 3.05) is 6.61 Å². The Kier molecular flexibility index (Phi) is 5.57. The van der Waals surface area contributed by atoms with Gasteiger partial charge in [0.15, 0.2) is 0 Å². The molecule has 2 aromatic carbocycles. The van der Waals surface area contributed by atoms with E-state index in [4.69, 9.17) is 9.73 Å². The Bertz CT molecular complexity index is 705. The molecule has 0 N–H and O–H groups in total. The van der Waals surface area contributed by atoms with Crippen LogP contribution in [0.4, 0.5) is 0 Å². The van der Waals surface area contributed by atoms with Crippen LogP contribution in [-0.4, -0.2) is 43.3 Å². The van der Waals surface area contributed by atoms with Gasteiger partial charge in [-0.1, -0.05) is 0 Å². The number of carbonyl (C=O) groups is 1. The van der Waals surface area contributed by atoms with Gasteiger partial charge in [-0.15, -0.1) is 0 Å². The Labute approximate surface area is 147 Å². The molecule has 4 nitrogen and oxygen atoms in total. The van der Waals surface area contributed by atoms with Crippen molar-refractivity contribution in [3.8, 4) is 0 Å². The number of rotatable bonds is 5. The van der Waals surface area contributed by atoms with Gasteiger partial charge in [-0.25, -0.2) is 0 Å².